The predicted molar refractivity (Wildman–Crippen MR) is 137 cm³/mol. The van der Waals surface area contributed by atoms with Gasteiger partial charge in [0.05, 0.1) is 0 Å². The van der Waals surface area contributed by atoms with E-state index in [9.17, 15) is 19.5 Å². The third-order valence-corrected chi connectivity index (χ3v) is 6.02. The van der Waals surface area contributed by atoms with Gasteiger partial charge in [0.2, 0.25) is 0 Å². The van der Waals surface area contributed by atoms with Crippen molar-refractivity contribution >= 4 is 18.2 Å². The maximum atomic E-state index is 12.4. The number of amides is 2. The molecule has 0 heterocycles. The molecule has 194 valence electrons. The number of benzene rings is 2. The Kier molecular flexibility index (Phi) is 9.33. The molecule has 3 rings (SSSR count). The highest BCUT2D eigenvalue weighted by atomic mass is 16.6. The molecular formula is C28H36N2O6. The number of hydrogen-bond donors (Lipinski definition) is 3. The van der Waals surface area contributed by atoms with Crippen LogP contribution in [0, 0.1) is 0 Å². The Morgan fingerprint density at radius 3 is 2.06 bits per heavy atom. The average molecular weight is 497 g/mol. The molecular weight excluding hydrogens is 460 g/mol. The summed E-state index contributed by atoms with van der Waals surface area (Å²) in [6.45, 7) is 6.05. The molecule has 1 unspecified atom stereocenters. The fourth-order valence-electron chi connectivity index (χ4n) is 4.37. The van der Waals surface area contributed by atoms with Gasteiger partial charge in [-0.2, -0.15) is 0 Å². The molecule has 2 amide bonds. The van der Waals surface area contributed by atoms with Crippen molar-refractivity contribution < 1.29 is 29.0 Å². The van der Waals surface area contributed by atoms with E-state index in [4.69, 9.17) is 9.47 Å². The van der Waals surface area contributed by atoms with Crippen LogP contribution >= 0.6 is 0 Å². The number of nitrogens with one attached hydrogen (secondary N) is 2. The third-order valence-electron chi connectivity index (χ3n) is 6.02. The Morgan fingerprint density at radius 1 is 0.889 bits per heavy atom. The molecule has 0 radical (unpaired) electrons. The van der Waals surface area contributed by atoms with Crippen molar-refractivity contribution in [1.82, 2.24) is 10.6 Å². The molecule has 0 aromatic heterocycles. The van der Waals surface area contributed by atoms with Crippen LogP contribution in [0.2, 0.25) is 0 Å². The van der Waals surface area contributed by atoms with Gasteiger partial charge in [-0.25, -0.2) is 14.4 Å². The Balaban J connectivity index is 1.39. The monoisotopic (exact) mass is 496 g/mol. The topological polar surface area (TPSA) is 114 Å². The summed E-state index contributed by atoms with van der Waals surface area (Å²) in [5.74, 6) is -1.17. The lowest BCUT2D eigenvalue weighted by molar-refractivity contribution is -0.139. The van der Waals surface area contributed by atoms with Crippen molar-refractivity contribution in [3.05, 3.63) is 59.7 Å². The van der Waals surface area contributed by atoms with Crippen LogP contribution in [0.4, 0.5) is 9.59 Å². The lowest BCUT2D eigenvalue weighted by Gasteiger charge is -2.19. The summed E-state index contributed by atoms with van der Waals surface area (Å²) >= 11 is 0. The fraction of sp³-hybridized carbons (Fsp3) is 0.464. The summed E-state index contributed by atoms with van der Waals surface area (Å²) < 4.78 is 10.7. The van der Waals surface area contributed by atoms with Gasteiger partial charge in [0.25, 0.3) is 0 Å². The second-order valence-corrected chi connectivity index (χ2v) is 9.99. The normalized spacial score (nSPS) is 13.3. The highest BCUT2D eigenvalue weighted by molar-refractivity contribution is 5.81. The molecule has 1 atom stereocenters. The molecule has 0 fully saturated rings. The molecule has 2 aromatic rings. The highest BCUT2D eigenvalue weighted by Crippen LogP contribution is 2.44. The molecule has 8 nitrogen and oxygen atoms in total. The SMILES string of the molecule is CC(C)(C)OC(=O)NCCCCCCC(NC(=O)OCC1c2ccccc2-c2ccccc21)C(=O)O. The van der Waals surface area contributed by atoms with E-state index in [-0.39, 0.29) is 12.5 Å². The number of carbonyl (C=O) groups is 3. The number of unbranched alkanes of at least 4 members (excludes halogenated alkanes) is 3. The van der Waals surface area contributed by atoms with Gasteiger partial charge in [-0.05, 0) is 55.9 Å². The highest BCUT2D eigenvalue weighted by Gasteiger charge is 2.29. The van der Waals surface area contributed by atoms with Crippen molar-refractivity contribution in [1.29, 1.82) is 0 Å². The first-order valence-corrected chi connectivity index (χ1v) is 12.5. The van der Waals surface area contributed by atoms with E-state index in [2.05, 4.69) is 22.8 Å². The maximum Gasteiger partial charge on any atom is 0.407 e. The summed E-state index contributed by atoms with van der Waals surface area (Å²) in [6, 6.07) is 15.1. The van der Waals surface area contributed by atoms with E-state index in [0.717, 1.165) is 41.5 Å². The van der Waals surface area contributed by atoms with Crippen molar-refractivity contribution in [3.63, 3.8) is 0 Å². The van der Waals surface area contributed by atoms with Gasteiger partial charge < -0.3 is 25.2 Å². The molecule has 8 heteroatoms. The van der Waals surface area contributed by atoms with E-state index in [1.54, 1.807) is 0 Å². The summed E-state index contributed by atoms with van der Waals surface area (Å²) in [5.41, 5.74) is 3.93. The smallest absolute Gasteiger partial charge is 0.407 e. The zero-order valence-electron chi connectivity index (χ0n) is 21.2. The zero-order chi connectivity index (χ0) is 26.1. The second kappa shape index (κ2) is 12.4. The molecule has 0 bridgehead atoms. The minimum atomic E-state index is -1.09. The van der Waals surface area contributed by atoms with Gasteiger partial charge >= 0.3 is 18.2 Å². The molecule has 0 saturated carbocycles. The number of carbonyl (C=O) groups excluding carboxylic acids is 2. The fourth-order valence-corrected chi connectivity index (χ4v) is 4.37. The number of fused-ring (bicyclic) bond motifs is 3. The summed E-state index contributed by atoms with van der Waals surface area (Å²) in [7, 11) is 0. The number of rotatable bonds is 11. The number of carboxylic acids is 1. The summed E-state index contributed by atoms with van der Waals surface area (Å²) in [4.78, 5) is 35.7. The molecule has 1 aliphatic carbocycles. The second-order valence-electron chi connectivity index (χ2n) is 9.99. The third kappa shape index (κ3) is 7.73. The zero-order valence-corrected chi connectivity index (χ0v) is 21.2. The molecule has 2 aromatic carbocycles. The summed E-state index contributed by atoms with van der Waals surface area (Å²) in [6.07, 6.45) is 2.13. The molecule has 0 saturated heterocycles. The van der Waals surface area contributed by atoms with Crippen LogP contribution in [0.3, 0.4) is 0 Å². The Morgan fingerprint density at radius 2 is 1.47 bits per heavy atom. The van der Waals surface area contributed by atoms with Gasteiger partial charge in [0.1, 0.15) is 18.2 Å². The molecule has 0 spiro atoms. The van der Waals surface area contributed by atoms with Gasteiger partial charge in [0.15, 0.2) is 0 Å². The van der Waals surface area contributed by atoms with Crippen molar-refractivity contribution in [3.8, 4) is 11.1 Å². The van der Waals surface area contributed by atoms with E-state index in [0.29, 0.717) is 19.4 Å². The predicted octanol–water partition coefficient (Wildman–Crippen LogP) is 5.45. The lowest BCUT2D eigenvalue weighted by atomic mass is 9.98. The van der Waals surface area contributed by atoms with Crippen LogP contribution in [-0.2, 0) is 14.3 Å². The van der Waals surface area contributed by atoms with E-state index >= 15 is 0 Å². The van der Waals surface area contributed by atoms with Crippen LogP contribution in [0.5, 0.6) is 0 Å². The standard InChI is InChI=1S/C28H36N2O6/c1-28(2,3)36-26(33)29-17-11-5-4-6-16-24(25(31)32)30-27(34)35-18-23-21-14-9-7-12-19(21)20-13-8-10-15-22(20)23/h7-10,12-15,23-24H,4-6,11,16-18H2,1-3H3,(H,29,33)(H,30,34)(H,31,32). The van der Waals surface area contributed by atoms with Crippen molar-refractivity contribution in [2.24, 2.45) is 0 Å². The number of carboxylic acid groups (broad SMARTS) is 1. The first-order chi connectivity index (χ1) is 17.2. The number of alkyl carbamates (subject to hydrolysis) is 2. The number of aliphatic carboxylic acids is 1. The minimum absolute atomic E-state index is 0.0827. The first kappa shape index (κ1) is 27.0. The Bertz CT molecular complexity index is 1020. The molecule has 0 aliphatic heterocycles. The van der Waals surface area contributed by atoms with Crippen LogP contribution in [0.15, 0.2) is 48.5 Å². The van der Waals surface area contributed by atoms with Gasteiger partial charge in [0, 0.05) is 12.5 Å². The van der Waals surface area contributed by atoms with Crippen molar-refractivity contribution in [2.45, 2.75) is 70.4 Å². The van der Waals surface area contributed by atoms with Crippen LogP contribution in [-0.4, -0.2) is 48.1 Å². The van der Waals surface area contributed by atoms with Gasteiger partial charge in [-0.15, -0.1) is 0 Å². The maximum absolute atomic E-state index is 12.4. The Hall–Kier alpha value is -3.55. The van der Waals surface area contributed by atoms with Gasteiger partial charge in [-0.3, -0.25) is 0 Å². The van der Waals surface area contributed by atoms with E-state index in [1.165, 1.54) is 0 Å². The van der Waals surface area contributed by atoms with Crippen molar-refractivity contribution in [2.75, 3.05) is 13.2 Å². The van der Waals surface area contributed by atoms with Crippen LogP contribution in [0.25, 0.3) is 11.1 Å². The van der Waals surface area contributed by atoms with Crippen LogP contribution < -0.4 is 10.6 Å². The lowest BCUT2D eigenvalue weighted by Crippen LogP contribution is -2.41. The van der Waals surface area contributed by atoms with Crippen LogP contribution in [0.1, 0.15) is 69.9 Å². The first-order valence-electron chi connectivity index (χ1n) is 12.5. The Labute approximate surface area is 212 Å². The molecule has 3 N–H and O–H groups in total. The quantitative estimate of drug-likeness (QED) is 0.356. The van der Waals surface area contributed by atoms with E-state index < -0.39 is 29.8 Å². The number of hydrogen-bond acceptors (Lipinski definition) is 5. The number of ether oxygens (including phenoxy) is 2. The summed E-state index contributed by atoms with van der Waals surface area (Å²) in [5, 5.41) is 14.7. The largest absolute Gasteiger partial charge is 0.480 e. The van der Waals surface area contributed by atoms with E-state index in [1.807, 2.05) is 57.2 Å². The minimum Gasteiger partial charge on any atom is -0.480 e. The van der Waals surface area contributed by atoms with Gasteiger partial charge in [-0.1, -0.05) is 67.8 Å². The average Bonchev–Trinajstić information content (AvgIpc) is 3.14. The molecule has 1 aliphatic rings. The molecule has 36 heavy (non-hydrogen) atoms.